The van der Waals surface area contributed by atoms with Crippen LogP contribution in [0.15, 0.2) is 47.7 Å². The first kappa shape index (κ1) is 20.5. The van der Waals surface area contributed by atoms with Gasteiger partial charge in [0.15, 0.2) is 5.96 Å². The summed E-state index contributed by atoms with van der Waals surface area (Å²) in [5, 5.41) is 10.7. The largest absolute Gasteiger partial charge is 0.357 e. The monoisotopic (exact) mass is 401 g/mol. The zero-order valence-corrected chi connectivity index (χ0v) is 16.7. The number of aliphatic imine (C=N–C) groups is 1. The van der Waals surface area contributed by atoms with Crippen LogP contribution in [0.3, 0.4) is 0 Å². The van der Waals surface area contributed by atoms with Gasteiger partial charge < -0.3 is 10.6 Å². The van der Waals surface area contributed by atoms with Crippen LogP contribution >= 0.6 is 0 Å². The second-order valence-corrected chi connectivity index (χ2v) is 6.54. The molecular weight excluding hydrogens is 376 g/mol. The SMILES string of the molecule is CCNC(=NCc1ccccc1-n1nc(C)cc1C)NCc1nccn1C(F)F. The number of nitrogens with one attached hydrogen (secondary N) is 2. The van der Waals surface area contributed by atoms with Crippen molar-refractivity contribution < 1.29 is 8.78 Å². The molecule has 0 aliphatic heterocycles. The molecule has 0 atom stereocenters. The summed E-state index contributed by atoms with van der Waals surface area (Å²) >= 11 is 0. The number of guanidine groups is 1. The fourth-order valence-corrected chi connectivity index (χ4v) is 3.05. The summed E-state index contributed by atoms with van der Waals surface area (Å²) in [6.45, 7) is 4.49. The lowest BCUT2D eigenvalue weighted by Crippen LogP contribution is -2.37. The molecule has 9 heteroatoms. The Balaban J connectivity index is 1.77. The van der Waals surface area contributed by atoms with E-state index < -0.39 is 6.55 Å². The molecule has 0 saturated carbocycles. The second kappa shape index (κ2) is 9.31. The number of para-hydroxylation sites is 1. The molecule has 7 nitrogen and oxygen atoms in total. The molecule has 0 aliphatic carbocycles. The summed E-state index contributed by atoms with van der Waals surface area (Å²) in [7, 11) is 0. The number of halogens is 2. The highest BCUT2D eigenvalue weighted by Crippen LogP contribution is 2.18. The van der Waals surface area contributed by atoms with Crippen molar-refractivity contribution in [2.75, 3.05) is 6.54 Å². The van der Waals surface area contributed by atoms with Crippen LogP contribution in [0.25, 0.3) is 5.69 Å². The molecule has 0 saturated heterocycles. The first-order valence-corrected chi connectivity index (χ1v) is 9.43. The van der Waals surface area contributed by atoms with Crippen molar-refractivity contribution >= 4 is 5.96 Å². The molecule has 0 radical (unpaired) electrons. The van der Waals surface area contributed by atoms with Gasteiger partial charge in [0.05, 0.1) is 24.5 Å². The normalized spacial score (nSPS) is 11.9. The Labute approximate surface area is 168 Å². The minimum Gasteiger partial charge on any atom is -0.357 e. The Kier molecular flexibility index (Phi) is 6.58. The topological polar surface area (TPSA) is 72.1 Å². The van der Waals surface area contributed by atoms with E-state index in [9.17, 15) is 8.78 Å². The van der Waals surface area contributed by atoms with E-state index in [0.29, 0.717) is 19.0 Å². The van der Waals surface area contributed by atoms with Crippen LogP contribution in [-0.2, 0) is 13.1 Å². The van der Waals surface area contributed by atoms with Crippen molar-refractivity contribution in [3.05, 3.63) is 65.5 Å². The number of hydrogen-bond acceptors (Lipinski definition) is 3. The standard InChI is InChI=1S/C20H25F2N7/c1-4-23-20(26-13-18-24-9-10-28(18)19(21)22)25-12-16-7-5-6-8-17(16)29-15(3)11-14(2)27-29/h5-11,19H,4,12-13H2,1-3H3,(H2,23,25,26). The molecule has 0 fully saturated rings. The number of benzene rings is 1. The number of hydrogen-bond donors (Lipinski definition) is 2. The number of aryl methyl sites for hydroxylation is 2. The van der Waals surface area contributed by atoms with Crippen LogP contribution in [0.1, 0.15) is 36.2 Å². The molecule has 154 valence electrons. The maximum Gasteiger partial charge on any atom is 0.319 e. The van der Waals surface area contributed by atoms with E-state index in [1.165, 1.54) is 12.4 Å². The van der Waals surface area contributed by atoms with Crippen LogP contribution in [0.5, 0.6) is 0 Å². The molecule has 2 N–H and O–H groups in total. The lowest BCUT2D eigenvalue weighted by Gasteiger charge is -2.13. The van der Waals surface area contributed by atoms with E-state index in [1.54, 1.807) is 0 Å². The van der Waals surface area contributed by atoms with Crippen LogP contribution in [0.2, 0.25) is 0 Å². The maximum atomic E-state index is 13.0. The minimum atomic E-state index is -2.62. The summed E-state index contributed by atoms with van der Waals surface area (Å²) in [5.74, 6) is 0.771. The van der Waals surface area contributed by atoms with Crippen molar-refractivity contribution in [2.24, 2.45) is 4.99 Å². The van der Waals surface area contributed by atoms with E-state index in [1.807, 2.05) is 55.8 Å². The van der Waals surface area contributed by atoms with E-state index in [2.05, 4.69) is 25.7 Å². The van der Waals surface area contributed by atoms with Gasteiger partial charge in [0, 0.05) is 24.6 Å². The minimum absolute atomic E-state index is 0.141. The fraction of sp³-hybridized carbons (Fsp3) is 0.350. The highest BCUT2D eigenvalue weighted by atomic mass is 19.3. The Morgan fingerprint density at radius 1 is 1.21 bits per heavy atom. The average Bonchev–Trinajstić information content (AvgIpc) is 3.30. The highest BCUT2D eigenvalue weighted by Gasteiger charge is 2.12. The van der Waals surface area contributed by atoms with Crippen molar-refractivity contribution in [2.45, 2.75) is 40.4 Å². The number of rotatable bonds is 7. The Hall–Kier alpha value is -3.23. The van der Waals surface area contributed by atoms with Crippen LogP contribution in [0.4, 0.5) is 8.78 Å². The van der Waals surface area contributed by atoms with Gasteiger partial charge in [0.1, 0.15) is 5.82 Å². The summed E-state index contributed by atoms with van der Waals surface area (Å²) in [6.07, 6.45) is 2.62. The van der Waals surface area contributed by atoms with E-state index in [0.717, 1.165) is 27.2 Å². The molecule has 0 spiro atoms. The smallest absolute Gasteiger partial charge is 0.319 e. The van der Waals surface area contributed by atoms with Crippen LogP contribution in [-0.4, -0.2) is 31.8 Å². The van der Waals surface area contributed by atoms with E-state index in [4.69, 9.17) is 0 Å². The molecule has 1 aromatic carbocycles. The summed E-state index contributed by atoms with van der Waals surface area (Å²) in [5.41, 5.74) is 3.96. The summed E-state index contributed by atoms with van der Waals surface area (Å²) < 4.78 is 28.7. The van der Waals surface area contributed by atoms with E-state index in [-0.39, 0.29) is 12.4 Å². The van der Waals surface area contributed by atoms with Crippen molar-refractivity contribution in [1.82, 2.24) is 30.0 Å². The van der Waals surface area contributed by atoms with Crippen molar-refractivity contribution in [3.63, 3.8) is 0 Å². The van der Waals surface area contributed by atoms with Gasteiger partial charge in [-0.25, -0.2) is 14.7 Å². The van der Waals surface area contributed by atoms with Gasteiger partial charge in [-0.05, 0) is 38.5 Å². The number of alkyl halides is 2. The fourth-order valence-electron chi connectivity index (χ4n) is 3.05. The molecule has 29 heavy (non-hydrogen) atoms. The molecule has 3 aromatic rings. The summed E-state index contributed by atoms with van der Waals surface area (Å²) in [4.78, 5) is 8.59. The third-order valence-corrected chi connectivity index (χ3v) is 4.35. The van der Waals surface area contributed by atoms with Gasteiger partial charge >= 0.3 is 6.55 Å². The lowest BCUT2D eigenvalue weighted by atomic mass is 10.2. The predicted octanol–water partition coefficient (Wildman–Crippen LogP) is 3.34. The molecule has 0 aliphatic rings. The number of imidazole rings is 1. The maximum absolute atomic E-state index is 13.0. The van der Waals surface area contributed by atoms with Crippen LogP contribution in [0, 0.1) is 13.8 Å². The van der Waals surface area contributed by atoms with Gasteiger partial charge in [-0.1, -0.05) is 18.2 Å². The summed E-state index contributed by atoms with van der Waals surface area (Å²) in [6, 6.07) is 9.95. The Morgan fingerprint density at radius 2 is 2.00 bits per heavy atom. The molecular formula is C20H25F2N7. The van der Waals surface area contributed by atoms with Gasteiger partial charge in [-0.15, -0.1) is 0 Å². The first-order chi connectivity index (χ1) is 14.0. The van der Waals surface area contributed by atoms with Gasteiger partial charge in [-0.3, -0.25) is 4.57 Å². The quantitative estimate of drug-likeness (QED) is 0.471. The van der Waals surface area contributed by atoms with Crippen molar-refractivity contribution in [1.29, 1.82) is 0 Å². The predicted molar refractivity (Wildman–Crippen MR) is 108 cm³/mol. The third-order valence-electron chi connectivity index (χ3n) is 4.35. The Bertz CT molecular complexity index is 975. The number of nitrogens with zero attached hydrogens (tertiary/aromatic N) is 5. The third kappa shape index (κ3) is 4.98. The average molecular weight is 401 g/mol. The highest BCUT2D eigenvalue weighted by molar-refractivity contribution is 5.79. The van der Waals surface area contributed by atoms with Gasteiger partial charge in [0.25, 0.3) is 0 Å². The molecule has 2 aromatic heterocycles. The Morgan fingerprint density at radius 3 is 2.69 bits per heavy atom. The van der Waals surface area contributed by atoms with Crippen molar-refractivity contribution in [3.8, 4) is 5.69 Å². The number of aromatic nitrogens is 4. The zero-order valence-electron chi connectivity index (χ0n) is 16.7. The molecule has 0 bridgehead atoms. The van der Waals surface area contributed by atoms with Gasteiger partial charge in [-0.2, -0.15) is 13.9 Å². The molecule has 0 unspecified atom stereocenters. The molecule has 2 heterocycles. The van der Waals surface area contributed by atoms with E-state index >= 15 is 0 Å². The first-order valence-electron chi connectivity index (χ1n) is 9.43. The molecule has 0 amide bonds. The molecule has 3 rings (SSSR count). The second-order valence-electron chi connectivity index (χ2n) is 6.54. The lowest BCUT2D eigenvalue weighted by molar-refractivity contribution is 0.0668. The zero-order chi connectivity index (χ0) is 20.8. The van der Waals surface area contributed by atoms with Crippen LogP contribution < -0.4 is 10.6 Å². The van der Waals surface area contributed by atoms with Gasteiger partial charge in [0.2, 0.25) is 0 Å².